The van der Waals surface area contributed by atoms with E-state index in [-0.39, 0.29) is 17.8 Å². The van der Waals surface area contributed by atoms with E-state index >= 15 is 0 Å². The Bertz CT molecular complexity index is 560. The molecule has 2 fully saturated rings. The van der Waals surface area contributed by atoms with Gasteiger partial charge in [-0.15, -0.1) is 0 Å². The third-order valence-electron chi connectivity index (χ3n) is 5.77. The highest BCUT2D eigenvalue weighted by Crippen LogP contribution is 2.46. The number of alkyl carbamates (subject to hydrolysis) is 1. The number of morpholine rings is 1. The van der Waals surface area contributed by atoms with Crippen molar-refractivity contribution in [2.75, 3.05) is 46.5 Å². The second kappa shape index (κ2) is 9.41. The first-order valence-corrected chi connectivity index (χ1v) is 9.78. The lowest BCUT2D eigenvalue weighted by atomic mass is 9.83. The first-order chi connectivity index (χ1) is 13.1. The summed E-state index contributed by atoms with van der Waals surface area (Å²) in [6, 6.07) is 0. The van der Waals surface area contributed by atoms with Crippen LogP contribution in [0, 0.1) is 17.8 Å². The summed E-state index contributed by atoms with van der Waals surface area (Å²) in [6.45, 7) is 7.01. The number of amides is 1. The number of nitrogens with one attached hydrogen (secondary N) is 1. The minimum Gasteiger partial charge on any atom is -0.466 e. The SMILES string of the molecule is COC(=O)C1=COC(OC(=O)NCCCN2CCOCC2)C2C(C)CCC12. The Morgan fingerprint density at radius 2 is 2.07 bits per heavy atom. The standard InChI is InChI=1S/C19H30N2O6/c1-13-4-5-14-15(17(22)24-2)12-26-18(16(13)14)27-19(23)20-6-3-7-21-8-10-25-11-9-21/h12-14,16,18H,3-11H2,1-2H3,(H,20,23). The van der Waals surface area contributed by atoms with Crippen molar-refractivity contribution >= 4 is 12.1 Å². The number of fused-ring (bicyclic) bond motifs is 1. The lowest BCUT2D eigenvalue weighted by Gasteiger charge is -2.34. The van der Waals surface area contributed by atoms with E-state index in [2.05, 4.69) is 17.1 Å². The van der Waals surface area contributed by atoms with E-state index < -0.39 is 12.4 Å². The van der Waals surface area contributed by atoms with Gasteiger partial charge in [0.15, 0.2) is 0 Å². The van der Waals surface area contributed by atoms with Gasteiger partial charge in [0, 0.05) is 31.5 Å². The van der Waals surface area contributed by atoms with Gasteiger partial charge in [-0.3, -0.25) is 4.90 Å². The van der Waals surface area contributed by atoms with Crippen LogP contribution in [0.15, 0.2) is 11.8 Å². The molecule has 0 aromatic heterocycles. The Morgan fingerprint density at radius 1 is 1.30 bits per heavy atom. The summed E-state index contributed by atoms with van der Waals surface area (Å²) in [5, 5.41) is 2.80. The van der Waals surface area contributed by atoms with Gasteiger partial charge in [0.1, 0.15) is 0 Å². The number of esters is 1. The minimum atomic E-state index is -0.667. The van der Waals surface area contributed by atoms with E-state index in [9.17, 15) is 9.59 Å². The van der Waals surface area contributed by atoms with Gasteiger partial charge in [0.25, 0.3) is 0 Å². The molecule has 8 heteroatoms. The minimum absolute atomic E-state index is 0.0142. The topological polar surface area (TPSA) is 86.3 Å². The third kappa shape index (κ3) is 4.93. The monoisotopic (exact) mass is 382 g/mol. The number of methoxy groups -OCH3 is 1. The van der Waals surface area contributed by atoms with E-state index in [0.29, 0.717) is 18.0 Å². The van der Waals surface area contributed by atoms with E-state index in [1.807, 2.05) is 0 Å². The van der Waals surface area contributed by atoms with E-state index in [4.69, 9.17) is 18.9 Å². The molecule has 0 aromatic carbocycles. The Labute approximate surface area is 160 Å². The summed E-state index contributed by atoms with van der Waals surface area (Å²) in [7, 11) is 1.36. The molecule has 0 aromatic rings. The molecule has 2 heterocycles. The zero-order chi connectivity index (χ0) is 19.2. The first kappa shape index (κ1) is 19.9. The highest BCUT2D eigenvalue weighted by atomic mass is 16.7. The van der Waals surface area contributed by atoms with Gasteiger partial charge in [0.2, 0.25) is 6.29 Å². The number of hydrogen-bond donors (Lipinski definition) is 1. The van der Waals surface area contributed by atoms with Crippen LogP contribution in [-0.4, -0.2) is 69.8 Å². The third-order valence-corrected chi connectivity index (χ3v) is 5.77. The molecule has 0 bridgehead atoms. The molecular weight excluding hydrogens is 352 g/mol. The predicted molar refractivity (Wildman–Crippen MR) is 96.7 cm³/mol. The normalized spacial score (nSPS) is 30.7. The van der Waals surface area contributed by atoms with Crippen LogP contribution in [0.3, 0.4) is 0 Å². The van der Waals surface area contributed by atoms with Gasteiger partial charge in [-0.25, -0.2) is 9.59 Å². The largest absolute Gasteiger partial charge is 0.466 e. The van der Waals surface area contributed by atoms with Crippen molar-refractivity contribution in [3.8, 4) is 0 Å². The zero-order valence-corrected chi connectivity index (χ0v) is 16.1. The van der Waals surface area contributed by atoms with Crippen molar-refractivity contribution in [1.29, 1.82) is 0 Å². The van der Waals surface area contributed by atoms with Gasteiger partial charge < -0.3 is 24.3 Å². The van der Waals surface area contributed by atoms with Gasteiger partial charge in [0.05, 0.1) is 32.2 Å². The average molecular weight is 382 g/mol. The molecule has 1 saturated carbocycles. The van der Waals surface area contributed by atoms with Crippen LogP contribution in [0.25, 0.3) is 0 Å². The maximum Gasteiger partial charge on any atom is 0.410 e. The fraction of sp³-hybridized carbons (Fsp3) is 0.789. The highest BCUT2D eigenvalue weighted by Gasteiger charge is 2.48. The molecule has 4 atom stereocenters. The number of rotatable bonds is 6. The van der Waals surface area contributed by atoms with Gasteiger partial charge in [-0.05, 0) is 31.7 Å². The average Bonchev–Trinajstić information content (AvgIpc) is 3.08. The molecule has 1 saturated heterocycles. The molecular formula is C19H30N2O6. The van der Waals surface area contributed by atoms with Crippen LogP contribution >= 0.6 is 0 Å². The van der Waals surface area contributed by atoms with Crippen LogP contribution in [0.2, 0.25) is 0 Å². The predicted octanol–water partition coefficient (Wildman–Crippen LogP) is 1.51. The quantitative estimate of drug-likeness (QED) is 0.550. The first-order valence-electron chi connectivity index (χ1n) is 9.78. The van der Waals surface area contributed by atoms with E-state index in [1.165, 1.54) is 13.4 Å². The molecule has 2 aliphatic heterocycles. The van der Waals surface area contributed by atoms with Crippen molar-refractivity contribution < 1.29 is 28.5 Å². The molecule has 3 rings (SSSR count). The van der Waals surface area contributed by atoms with Crippen molar-refractivity contribution in [1.82, 2.24) is 10.2 Å². The highest BCUT2D eigenvalue weighted by molar-refractivity contribution is 5.89. The Morgan fingerprint density at radius 3 is 2.81 bits per heavy atom. The summed E-state index contributed by atoms with van der Waals surface area (Å²) >= 11 is 0. The fourth-order valence-electron chi connectivity index (χ4n) is 4.25. The molecule has 1 N–H and O–H groups in total. The molecule has 4 unspecified atom stereocenters. The molecule has 0 radical (unpaired) electrons. The fourth-order valence-corrected chi connectivity index (χ4v) is 4.25. The van der Waals surface area contributed by atoms with Crippen molar-refractivity contribution in [2.45, 2.75) is 32.5 Å². The van der Waals surface area contributed by atoms with Crippen molar-refractivity contribution in [3.05, 3.63) is 11.8 Å². The number of nitrogens with zero attached hydrogens (tertiary/aromatic N) is 1. The second-order valence-corrected chi connectivity index (χ2v) is 7.45. The van der Waals surface area contributed by atoms with Crippen LogP contribution in [0.5, 0.6) is 0 Å². The van der Waals surface area contributed by atoms with Crippen molar-refractivity contribution in [3.63, 3.8) is 0 Å². The number of hydrogen-bond acceptors (Lipinski definition) is 7. The van der Waals surface area contributed by atoms with Crippen LogP contribution in [-0.2, 0) is 23.7 Å². The Kier molecular flexibility index (Phi) is 6.95. The summed E-state index contributed by atoms with van der Waals surface area (Å²) in [5.41, 5.74) is 0.539. The summed E-state index contributed by atoms with van der Waals surface area (Å²) in [6.07, 6.45) is 2.96. The lowest BCUT2D eigenvalue weighted by Crippen LogP contribution is -2.42. The number of carbonyl (C=O) groups excluding carboxylic acids is 2. The summed E-state index contributed by atoms with van der Waals surface area (Å²) < 4.78 is 21.3. The number of ether oxygens (including phenoxy) is 4. The molecule has 0 spiro atoms. The molecule has 1 amide bonds. The summed E-state index contributed by atoms with van der Waals surface area (Å²) in [5.74, 6) is -0.0730. The van der Waals surface area contributed by atoms with E-state index in [1.54, 1.807) is 0 Å². The molecule has 8 nitrogen and oxygen atoms in total. The summed E-state index contributed by atoms with van der Waals surface area (Å²) in [4.78, 5) is 26.4. The molecule has 27 heavy (non-hydrogen) atoms. The van der Waals surface area contributed by atoms with Crippen LogP contribution < -0.4 is 5.32 Å². The zero-order valence-electron chi connectivity index (χ0n) is 16.1. The molecule has 1 aliphatic carbocycles. The molecule has 152 valence electrons. The second-order valence-electron chi connectivity index (χ2n) is 7.45. The Hall–Kier alpha value is -1.80. The molecule has 3 aliphatic rings. The Balaban J connectivity index is 1.45. The van der Waals surface area contributed by atoms with Gasteiger partial charge >= 0.3 is 12.1 Å². The maximum absolute atomic E-state index is 12.2. The number of carbonyl (C=O) groups is 2. The van der Waals surface area contributed by atoms with E-state index in [0.717, 1.165) is 52.1 Å². The smallest absolute Gasteiger partial charge is 0.410 e. The van der Waals surface area contributed by atoms with Gasteiger partial charge in [-0.2, -0.15) is 0 Å². The van der Waals surface area contributed by atoms with Crippen LogP contribution in [0.4, 0.5) is 4.79 Å². The maximum atomic E-state index is 12.2. The van der Waals surface area contributed by atoms with Crippen molar-refractivity contribution in [2.24, 2.45) is 17.8 Å². The van der Waals surface area contributed by atoms with Gasteiger partial charge in [-0.1, -0.05) is 6.92 Å². The van der Waals surface area contributed by atoms with Crippen LogP contribution in [0.1, 0.15) is 26.2 Å². The lowest BCUT2D eigenvalue weighted by molar-refractivity contribution is -0.145.